The molecule has 0 unspecified atom stereocenters. The van der Waals surface area contributed by atoms with Crippen LogP contribution in [0.2, 0.25) is 0 Å². The zero-order valence-electron chi connectivity index (χ0n) is 10.3. The summed E-state index contributed by atoms with van der Waals surface area (Å²) in [6, 6.07) is 0. The third kappa shape index (κ3) is 5.36. The molecule has 1 aliphatic rings. The van der Waals surface area contributed by atoms with Crippen molar-refractivity contribution < 1.29 is 19.4 Å². The van der Waals surface area contributed by atoms with Crippen LogP contribution < -0.4 is 0 Å². The number of cyclic esters (lactones) is 1. The van der Waals surface area contributed by atoms with Gasteiger partial charge in [0, 0.05) is 13.8 Å². The molecule has 0 aromatic carbocycles. The van der Waals surface area contributed by atoms with E-state index < -0.39 is 11.8 Å². The average Bonchev–Trinajstić information content (AvgIpc) is 2.13. The molecule has 0 fully saturated rings. The number of ether oxygens (including phenoxy) is 2. The third-order valence-corrected chi connectivity index (χ3v) is 1.96. The molecule has 17 heavy (non-hydrogen) atoms. The molecule has 1 aliphatic heterocycles. The number of aliphatic hydroxyl groups is 1. The lowest BCUT2D eigenvalue weighted by atomic mass is 10.2. The minimum atomic E-state index is -0.922. The molecule has 1 atom stereocenters. The Morgan fingerprint density at radius 3 is 2.71 bits per heavy atom. The summed E-state index contributed by atoms with van der Waals surface area (Å²) < 4.78 is 10.4. The van der Waals surface area contributed by atoms with E-state index in [9.17, 15) is 4.79 Å². The highest BCUT2D eigenvalue weighted by molar-refractivity contribution is 5.83. The fourth-order valence-electron chi connectivity index (χ4n) is 1.31. The molecular formula is C13H18O4. The molecule has 0 aromatic heterocycles. The van der Waals surface area contributed by atoms with Crippen LogP contribution in [0.15, 0.2) is 36.1 Å². The summed E-state index contributed by atoms with van der Waals surface area (Å²) in [5, 5.41) is 9.03. The van der Waals surface area contributed by atoms with E-state index in [4.69, 9.17) is 14.6 Å². The van der Waals surface area contributed by atoms with Gasteiger partial charge in [-0.1, -0.05) is 18.2 Å². The third-order valence-electron chi connectivity index (χ3n) is 1.96. The summed E-state index contributed by atoms with van der Waals surface area (Å²) in [6.45, 7) is 5.07. The summed E-state index contributed by atoms with van der Waals surface area (Å²) in [5.74, 6) is -0.865. The molecule has 4 heteroatoms. The van der Waals surface area contributed by atoms with Crippen LogP contribution in [-0.4, -0.2) is 23.0 Å². The molecule has 1 heterocycles. The largest absolute Gasteiger partial charge is 0.453 e. The SMILES string of the molecule is C[C@@H](O)C/C=C\C=C\C1=CC(=O)OC(C)(C)O1. The first-order valence-corrected chi connectivity index (χ1v) is 5.54. The van der Waals surface area contributed by atoms with E-state index in [0.29, 0.717) is 12.2 Å². The smallest absolute Gasteiger partial charge is 0.337 e. The van der Waals surface area contributed by atoms with Gasteiger partial charge < -0.3 is 14.6 Å². The number of esters is 1. The fraction of sp³-hybridized carbons (Fsp3) is 0.462. The minimum Gasteiger partial charge on any atom is -0.453 e. The zero-order chi connectivity index (χ0) is 12.9. The molecule has 0 spiro atoms. The normalized spacial score (nSPS) is 21.2. The number of rotatable bonds is 4. The number of carbonyl (C=O) groups excluding carboxylic acids is 1. The van der Waals surface area contributed by atoms with E-state index in [2.05, 4.69) is 0 Å². The lowest BCUT2D eigenvalue weighted by Gasteiger charge is -2.29. The van der Waals surface area contributed by atoms with Crippen molar-refractivity contribution in [1.82, 2.24) is 0 Å². The topological polar surface area (TPSA) is 55.8 Å². The Labute approximate surface area is 101 Å². The second kappa shape index (κ2) is 5.68. The van der Waals surface area contributed by atoms with Gasteiger partial charge in [0.25, 0.3) is 0 Å². The van der Waals surface area contributed by atoms with E-state index in [1.165, 1.54) is 6.08 Å². The molecule has 0 radical (unpaired) electrons. The van der Waals surface area contributed by atoms with Crippen molar-refractivity contribution in [1.29, 1.82) is 0 Å². The molecule has 0 bridgehead atoms. The predicted octanol–water partition coefficient (Wildman–Crippen LogP) is 2.06. The van der Waals surface area contributed by atoms with E-state index in [0.717, 1.165) is 0 Å². The summed E-state index contributed by atoms with van der Waals surface area (Å²) >= 11 is 0. The van der Waals surface area contributed by atoms with Gasteiger partial charge in [-0.25, -0.2) is 4.79 Å². The first kappa shape index (κ1) is 13.5. The predicted molar refractivity (Wildman–Crippen MR) is 63.9 cm³/mol. The maximum absolute atomic E-state index is 11.2. The van der Waals surface area contributed by atoms with Crippen molar-refractivity contribution in [3.8, 4) is 0 Å². The Kier molecular flexibility index (Phi) is 4.52. The van der Waals surface area contributed by atoms with Gasteiger partial charge in [0.1, 0.15) is 5.76 Å². The average molecular weight is 238 g/mol. The van der Waals surface area contributed by atoms with Crippen molar-refractivity contribution in [3.63, 3.8) is 0 Å². The van der Waals surface area contributed by atoms with E-state index in [-0.39, 0.29) is 6.10 Å². The van der Waals surface area contributed by atoms with Crippen molar-refractivity contribution >= 4 is 5.97 Å². The Morgan fingerprint density at radius 1 is 1.41 bits per heavy atom. The highest BCUT2D eigenvalue weighted by Crippen LogP contribution is 2.22. The van der Waals surface area contributed by atoms with Crippen LogP contribution in [0.25, 0.3) is 0 Å². The Morgan fingerprint density at radius 2 is 2.12 bits per heavy atom. The van der Waals surface area contributed by atoms with Crippen LogP contribution >= 0.6 is 0 Å². The molecular weight excluding hydrogens is 220 g/mol. The van der Waals surface area contributed by atoms with Crippen molar-refractivity contribution in [2.24, 2.45) is 0 Å². The van der Waals surface area contributed by atoms with Crippen LogP contribution in [-0.2, 0) is 14.3 Å². The minimum absolute atomic E-state index is 0.348. The van der Waals surface area contributed by atoms with E-state index >= 15 is 0 Å². The van der Waals surface area contributed by atoms with Crippen molar-refractivity contribution in [3.05, 3.63) is 36.1 Å². The molecule has 1 N–H and O–H groups in total. The monoisotopic (exact) mass is 238 g/mol. The van der Waals surface area contributed by atoms with Gasteiger partial charge in [0.15, 0.2) is 0 Å². The first-order chi connectivity index (χ1) is 7.89. The van der Waals surface area contributed by atoms with Crippen LogP contribution in [0.1, 0.15) is 27.2 Å². The van der Waals surface area contributed by atoms with Crippen LogP contribution in [0.4, 0.5) is 0 Å². The van der Waals surface area contributed by atoms with Gasteiger partial charge in [0.2, 0.25) is 5.79 Å². The number of carbonyl (C=O) groups is 1. The Bertz CT molecular complexity index is 362. The number of hydrogen-bond donors (Lipinski definition) is 1. The van der Waals surface area contributed by atoms with Gasteiger partial charge in [-0.15, -0.1) is 0 Å². The molecule has 0 amide bonds. The molecule has 1 rings (SSSR count). The van der Waals surface area contributed by atoms with Gasteiger partial charge in [0.05, 0.1) is 12.2 Å². The molecule has 94 valence electrons. The number of aliphatic hydroxyl groups excluding tert-OH is 1. The van der Waals surface area contributed by atoms with Crippen molar-refractivity contribution in [2.75, 3.05) is 0 Å². The Hall–Kier alpha value is -1.55. The van der Waals surface area contributed by atoms with Gasteiger partial charge >= 0.3 is 5.97 Å². The van der Waals surface area contributed by atoms with Gasteiger partial charge in [-0.2, -0.15) is 0 Å². The van der Waals surface area contributed by atoms with E-state index in [1.54, 1.807) is 39.0 Å². The number of allylic oxidation sites excluding steroid dienone is 3. The summed E-state index contributed by atoms with van der Waals surface area (Å²) in [6.07, 6.45) is 8.61. The molecule has 0 aliphatic carbocycles. The summed E-state index contributed by atoms with van der Waals surface area (Å²) in [4.78, 5) is 11.2. The van der Waals surface area contributed by atoms with Crippen molar-refractivity contribution in [2.45, 2.75) is 39.1 Å². The van der Waals surface area contributed by atoms with Gasteiger partial charge in [-0.3, -0.25) is 0 Å². The highest BCUT2D eigenvalue weighted by atomic mass is 16.7. The molecule has 4 nitrogen and oxygen atoms in total. The maximum Gasteiger partial charge on any atom is 0.337 e. The van der Waals surface area contributed by atoms with E-state index in [1.807, 2.05) is 6.08 Å². The summed E-state index contributed by atoms with van der Waals surface area (Å²) in [7, 11) is 0. The zero-order valence-corrected chi connectivity index (χ0v) is 10.3. The van der Waals surface area contributed by atoms with Crippen LogP contribution in [0.3, 0.4) is 0 Å². The van der Waals surface area contributed by atoms with Crippen LogP contribution in [0, 0.1) is 0 Å². The standard InChI is InChI=1S/C13H18O4/c1-10(14)7-5-4-6-8-11-9-12(15)17-13(2,3)16-11/h4-6,8-10,14H,7H2,1-3H3/b5-4-,8-6+/t10-/m1/s1. The number of hydrogen-bond acceptors (Lipinski definition) is 4. The molecule has 0 saturated carbocycles. The quantitative estimate of drug-likeness (QED) is 0.601. The molecule has 0 aromatic rings. The lowest BCUT2D eigenvalue weighted by molar-refractivity contribution is -0.203. The van der Waals surface area contributed by atoms with Gasteiger partial charge in [-0.05, 0) is 19.4 Å². The highest BCUT2D eigenvalue weighted by Gasteiger charge is 2.28. The summed E-state index contributed by atoms with van der Waals surface area (Å²) in [5.41, 5.74) is 0. The second-order valence-electron chi connectivity index (χ2n) is 4.34. The molecule has 0 saturated heterocycles. The first-order valence-electron chi connectivity index (χ1n) is 5.54. The van der Waals surface area contributed by atoms with Crippen LogP contribution in [0.5, 0.6) is 0 Å². The fourth-order valence-corrected chi connectivity index (χ4v) is 1.31. The Balaban J connectivity index is 2.54. The lowest BCUT2D eigenvalue weighted by Crippen LogP contribution is -2.33. The maximum atomic E-state index is 11.2. The second-order valence-corrected chi connectivity index (χ2v) is 4.34.